The van der Waals surface area contributed by atoms with Crippen molar-refractivity contribution in [2.45, 2.75) is 25.3 Å². The number of piperidine rings is 1. The third kappa shape index (κ3) is 2.74. The van der Waals surface area contributed by atoms with Gasteiger partial charge in [0, 0.05) is 25.7 Å². The van der Waals surface area contributed by atoms with Crippen molar-refractivity contribution in [3.05, 3.63) is 16.3 Å². The summed E-state index contributed by atoms with van der Waals surface area (Å²) in [6, 6.07) is 0.455. The molecule has 0 spiro atoms. The first-order valence-electron chi connectivity index (χ1n) is 7.16. The first kappa shape index (κ1) is 14.0. The Labute approximate surface area is 122 Å². The van der Waals surface area contributed by atoms with E-state index in [2.05, 4.69) is 20.3 Å². The van der Waals surface area contributed by atoms with E-state index in [4.69, 9.17) is 5.84 Å². The van der Waals surface area contributed by atoms with Crippen LogP contribution in [-0.4, -0.2) is 52.0 Å². The van der Waals surface area contributed by atoms with E-state index in [-0.39, 0.29) is 11.6 Å². The summed E-state index contributed by atoms with van der Waals surface area (Å²) in [6.45, 7) is 3.54. The standard InChI is InChI=1S/C12H19N7O2/c13-16-12-14-7-10(19(20)21)11(15-12)18-6-5-17-4-2-1-3-9(17)8-18/h7,9H,1-6,8,13H2,(H,14,15,16). The van der Waals surface area contributed by atoms with Crippen LogP contribution in [0, 0.1) is 10.1 Å². The number of hydrogen-bond donors (Lipinski definition) is 2. The summed E-state index contributed by atoms with van der Waals surface area (Å²) in [5, 5.41) is 11.2. The molecular formula is C12H19N7O2. The minimum absolute atomic E-state index is 0.0711. The van der Waals surface area contributed by atoms with Crippen molar-refractivity contribution in [2.24, 2.45) is 5.84 Å². The zero-order chi connectivity index (χ0) is 14.8. The topological polar surface area (TPSA) is 113 Å². The van der Waals surface area contributed by atoms with Gasteiger partial charge in [0.2, 0.25) is 11.8 Å². The van der Waals surface area contributed by atoms with Crippen molar-refractivity contribution in [1.29, 1.82) is 0 Å². The van der Waals surface area contributed by atoms with Crippen molar-refractivity contribution in [1.82, 2.24) is 14.9 Å². The Hall–Kier alpha value is -2.00. The number of rotatable bonds is 3. The molecule has 9 nitrogen and oxygen atoms in total. The minimum Gasteiger partial charge on any atom is -0.348 e. The van der Waals surface area contributed by atoms with Crippen molar-refractivity contribution in [3.63, 3.8) is 0 Å². The Morgan fingerprint density at radius 2 is 2.24 bits per heavy atom. The van der Waals surface area contributed by atoms with Gasteiger partial charge in [0.15, 0.2) is 0 Å². The number of hydrogen-bond acceptors (Lipinski definition) is 8. The third-order valence-electron chi connectivity index (χ3n) is 4.21. The average Bonchev–Trinajstić information content (AvgIpc) is 2.53. The number of hydrazine groups is 1. The summed E-state index contributed by atoms with van der Waals surface area (Å²) in [6.07, 6.45) is 4.81. The highest BCUT2D eigenvalue weighted by Crippen LogP contribution is 2.30. The molecule has 2 saturated heterocycles. The van der Waals surface area contributed by atoms with E-state index in [0.717, 1.165) is 32.6 Å². The van der Waals surface area contributed by atoms with Crippen LogP contribution in [0.15, 0.2) is 6.20 Å². The van der Waals surface area contributed by atoms with Crippen LogP contribution in [0.25, 0.3) is 0 Å². The monoisotopic (exact) mass is 293 g/mol. The molecule has 1 aromatic heterocycles. The number of fused-ring (bicyclic) bond motifs is 1. The van der Waals surface area contributed by atoms with Gasteiger partial charge in [-0.3, -0.25) is 20.4 Å². The molecule has 3 N–H and O–H groups in total. The normalized spacial score (nSPS) is 22.7. The zero-order valence-electron chi connectivity index (χ0n) is 11.7. The Bertz CT molecular complexity index is 538. The van der Waals surface area contributed by atoms with Gasteiger partial charge in [-0.25, -0.2) is 10.8 Å². The molecule has 9 heteroatoms. The lowest BCUT2D eigenvalue weighted by Crippen LogP contribution is -2.55. The van der Waals surface area contributed by atoms with Gasteiger partial charge in [0.1, 0.15) is 6.20 Å². The smallest absolute Gasteiger partial charge is 0.329 e. The molecule has 1 atom stereocenters. The third-order valence-corrected chi connectivity index (χ3v) is 4.21. The molecule has 1 aromatic rings. The number of nitro groups is 1. The SMILES string of the molecule is NNc1ncc([N+](=O)[O-])c(N2CCN3CCCCC3C2)n1. The lowest BCUT2D eigenvalue weighted by Gasteiger charge is -2.44. The van der Waals surface area contributed by atoms with Crippen molar-refractivity contribution < 1.29 is 4.92 Å². The maximum absolute atomic E-state index is 11.2. The van der Waals surface area contributed by atoms with E-state index in [1.807, 2.05) is 4.90 Å². The summed E-state index contributed by atoms with van der Waals surface area (Å²) >= 11 is 0. The van der Waals surface area contributed by atoms with Gasteiger partial charge < -0.3 is 4.90 Å². The summed E-state index contributed by atoms with van der Waals surface area (Å²) in [7, 11) is 0. The number of aromatic nitrogens is 2. The van der Waals surface area contributed by atoms with Crippen molar-refractivity contribution in [2.75, 3.05) is 36.5 Å². The van der Waals surface area contributed by atoms with Crippen LogP contribution in [-0.2, 0) is 0 Å². The lowest BCUT2D eigenvalue weighted by molar-refractivity contribution is -0.384. The van der Waals surface area contributed by atoms with Gasteiger partial charge >= 0.3 is 5.69 Å². The molecule has 1 unspecified atom stereocenters. The number of anilines is 2. The molecule has 0 amide bonds. The number of piperazine rings is 1. The van der Waals surface area contributed by atoms with Crippen LogP contribution in [0.5, 0.6) is 0 Å². The molecule has 2 aliphatic heterocycles. The molecule has 0 radical (unpaired) electrons. The molecule has 114 valence electrons. The second-order valence-electron chi connectivity index (χ2n) is 5.44. The molecular weight excluding hydrogens is 274 g/mol. The highest BCUT2D eigenvalue weighted by atomic mass is 16.6. The van der Waals surface area contributed by atoms with Crippen LogP contribution in [0.2, 0.25) is 0 Å². The number of nitrogens with zero attached hydrogens (tertiary/aromatic N) is 5. The van der Waals surface area contributed by atoms with E-state index in [1.54, 1.807) is 0 Å². The molecule has 0 aliphatic carbocycles. The number of nitrogens with one attached hydrogen (secondary N) is 1. The van der Waals surface area contributed by atoms with E-state index in [9.17, 15) is 10.1 Å². The van der Waals surface area contributed by atoms with Gasteiger partial charge in [0.05, 0.1) is 4.92 Å². The maximum Gasteiger partial charge on any atom is 0.329 e. The Morgan fingerprint density at radius 3 is 3.00 bits per heavy atom. The van der Waals surface area contributed by atoms with Gasteiger partial charge in [-0.2, -0.15) is 4.98 Å². The number of nitrogen functional groups attached to an aromatic ring is 1. The van der Waals surface area contributed by atoms with Gasteiger partial charge in [-0.05, 0) is 19.4 Å². The van der Waals surface area contributed by atoms with Crippen LogP contribution in [0.4, 0.5) is 17.5 Å². The fraction of sp³-hybridized carbons (Fsp3) is 0.667. The highest BCUT2D eigenvalue weighted by molar-refractivity contribution is 5.59. The highest BCUT2D eigenvalue weighted by Gasteiger charge is 2.32. The molecule has 2 aliphatic rings. The molecule has 21 heavy (non-hydrogen) atoms. The quantitative estimate of drug-likeness (QED) is 0.466. The van der Waals surface area contributed by atoms with Crippen LogP contribution in [0.1, 0.15) is 19.3 Å². The van der Waals surface area contributed by atoms with E-state index in [0.29, 0.717) is 11.9 Å². The fourth-order valence-electron chi connectivity index (χ4n) is 3.15. The summed E-state index contributed by atoms with van der Waals surface area (Å²) in [4.78, 5) is 23.2. The number of nitrogens with two attached hydrogens (primary N) is 1. The molecule has 3 heterocycles. The second-order valence-corrected chi connectivity index (χ2v) is 5.44. The van der Waals surface area contributed by atoms with Gasteiger partial charge in [-0.1, -0.05) is 6.42 Å². The van der Waals surface area contributed by atoms with Gasteiger partial charge in [0.25, 0.3) is 0 Å². The Balaban J connectivity index is 1.86. The second kappa shape index (κ2) is 5.78. The predicted molar refractivity (Wildman–Crippen MR) is 77.9 cm³/mol. The summed E-state index contributed by atoms with van der Waals surface area (Å²) in [5.74, 6) is 5.86. The van der Waals surface area contributed by atoms with E-state index in [1.165, 1.54) is 19.0 Å². The molecule has 0 aromatic carbocycles. The van der Waals surface area contributed by atoms with Gasteiger partial charge in [-0.15, -0.1) is 0 Å². The largest absolute Gasteiger partial charge is 0.348 e. The van der Waals surface area contributed by atoms with Crippen molar-refractivity contribution >= 4 is 17.5 Å². The van der Waals surface area contributed by atoms with Crippen LogP contribution < -0.4 is 16.2 Å². The molecule has 0 bridgehead atoms. The molecule has 3 rings (SSSR count). The van der Waals surface area contributed by atoms with Crippen LogP contribution in [0.3, 0.4) is 0 Å². The zero-order valence-corrected chi connectivity index (χ0v) is 11.7. The summed E-state index contributed by atoms with van der Waals surface area (Å²) in [5.41, 5.74) is 2.28. The fourth-order valence-corrected chi connectivity index (χ4v) is 3.15. The minimum atomic E-state index is -0.442. The average molecular weight is 293 g/mol. The van der Waals surface area contributed by atoms with Crippen molar-refractivity contribution in [3.8, 4) is 0 Å². The Morgan fingerprint density at radius 1 is 1.38 bits per heavy atom. The first-order valence-corrected chi connectivity index (χ1v) is 7.16. The predicted octanol–water partition coefficient (Wildman–Crippen LogP) is 0.345. The van der Waals surface area contributed by atoms with E-state index < -0.39 is 4.92 Å². The molecule has 0 saturated carbocycles. The van der Waals surface area contributed by atoms with Crippen LogP contribution >= 0.6 is 0 Å². The van der Waals surface area contributed by atoms with E-state index >= 15 is 0 Å². The summed E-state index contributed by atoms with van der Waals surface area (Å²) < 4.78 is 0. The first-order chi connectivity index (χ1) is 10.2. The molecule has 2 fully saturated rings. The lowest BCUT2D eigenvalue weighted by atomic mass is 9.99. The maximum atomic E-state index is 11.2. The Kier molecular flexibility index (Phi) is 3.84.